The number of rotatable bonds is 5. The summed E-state index contributed by atoms with van der Waals surface area (Å²) in [5.74, 6) is -0.794. The number of benzene rings is 2. The SMILES string of the molecule is Cc1c(C(=O)O)ccc2c1nc(Nc1ccc(OC(F)(F)F)cc1)n2C1CCCC(C)(C)C1. The Balaban J connectivity index is 1.76. The van der Waals surface area contributed by atoms with Gasteiger partial charge in [0.25, 0.3) is 0 Å². The summed E-state index contributed by atoms with van der Waals surface area (Å²) >= 11 is 0. The minimum Gasteiger partial charge on any atom is -0.478 e. The molecule has 2 N–H and O–H groups in total. The van der Waals surface area contributed by atoms with E-state index in [9.17, 15) is 23.1 Å². The van der Waals surface area contributed by atoms with Crippen molar-refractivity contribution in [3.63, 3.8) is 0 Å². The predicted molar refractivity (Wildman–Crippen MR) is 119 cm³/mol. The number of imidazole rings is 1. The summed E-state index contributed by atoms with van der Waals surface area (Å²) in [5, 5.41) is 12.7. The first kappa shape index (κ1) is 22.9. The van der Waals surface area contributed by atoms with Gasteiger partial charge < -0.3 is 19.7 Å². The van der Waals surface area contributed by atoms with E-state index in [2.05, 4.69) is 28.5 Å². The van der Waals surface area contributed by atoms with Crippen molar-refractivity contribution in [3.05, 3.63) is 47.5 Å². The lowest BCUT2D eigenvalue weighted by molar-refractivity contribution is -0.274. The summed E-state index contributed by atoms with van der Waals surface area (Å²) in [7, 11) is 0. The van der Waals surface area contributed by atoms with E-state index in [0.717, 1.165) is 31.2 Å². The van der Waals surface area contributed by atoms with Gasteiger partial charge in [-0.2, -0.15) is 0 Å². The Labute approximate surface area is 189 Å². The molecule has 9 heteroatoms. The van der Waals surface area contributed by atoms with Crippen molar-refractivity contribution in [3.8, 4) is 5.75 Å². The molecule has 1 atom stereocenters. The second-order valence-electron chi connectivity index (χ2n) is 9.33. The molecule has 6 nitrogen and oxygen atoms in total. The highest BCUT2D eigenvalue weighted by molar-refractivity contribution is 5.96. The van der Waals surface area contributed by atoms with Gasteiger partial charge in [0.2, 0.25) is 5.95 Å². The third kappa shape index (κ3) is 4.91. The smallest absolute Gasteiger partial charge is 0.478 e. The number of aryl methyl sites for hydroxylation is 1. The van der Waals surface area contributed by atoms with Crippen LogP contribution >= 0.6 is 0 Å². The van der Waals surface area contributed by atoms with Gasteiger partial charge in [-0.25, -0.2) is 9.78 Å². The van der Waals surface area contributed by atoms with Gasteiger partial charge in [0.1, 0.15) is 5.75 Å². The average Bonchev–Trinajstić information content (AvgIpc) is 3.06. The van der Waals surface area contributed by atoms with Crippen molar-refractivity contribution < 1.29 is 27.8 Å². The molecule has 3 aromatic rings. The molecule has 0 saturated heterocycles. The van der Waals surface area contributed by atoms with Crippen molar-refractivity contribution in [2.45, 2.75) is 58.9 Å². The standard InChI is InChI=1S/C24H26F3N3O3/c1-14-18(21(31)32)10-11-19-20(14)29-22(30(19)16-5-4-12-23(2,3)13-16)28-15-6-8-17(9-7-15)33-24(25,26)27/h6-11,16H,4-5,12-13H2,1-3H3,(H,28,29)(H,31,32). The van der Waals surface area contributed by atoms with E-state index >= 15 is 0 Å². The number of aromatic nitrogens is 2. The predicted octanol–water partition coefficient (Wildman–Crippen LogP) is 6.83. The maximum absolute atomic E-state index is 12.5. The Morgan fingerprint density at radius 1 is 1.21 bits per heavy atom. The Morgan fingerprint density at radius 2 is 1.91 bits per heavy atom. The highest BCUT2D eigenvalue weighted by Crippen LogP contribution is 2.44. The van der Waals surface area contributed by atoms with Crippen LogP contribution in [0.25, 0.3) is 11.0 Å². The number of nitrogens with zero attached hydrogens (tertiary/aromatic N) is 2. The van der Waals surface area contributed by atoms with E-state index < -0.39 is 12.3 Å². The quantitative estimate of drug-likeness (QED) is 0.436. The molecule has 33 heavy (non-hydrogen) atoms. The molecule has 1 aromatic heterocycles. The molecule has 0 aliphatic heterocycles. The van der Waals surface area contributed by atoms with Gasteiger partial charge in [0.05, 0.1) is 16.6 Å². The van der Waals surface area contributed by atoms with Gasteiger partial charge in [-0.15, -0.1) is 13.2 Å². The van der Waals surface area contributed by atoms with Crippen LogP contribution in [0.4, 0.5) is 24.8 Å². The number of hydrogen-bond acceptors (Lipinski definition) is 4. The molecule has 1 unspecified atom stereocenters. The zero-order chi connectivity index (χ0) is 24.0. The minimum atomic E-state index is -4.75. The largest absolute Gasteiger partial charge is 0.573 e. The number of hydrogen-bond donors (Lipinski definition) is 2. The van der Waals surface area contributed by atoms with Crippen LogP contribution in [0, 0.1) is 12.3 Å². The van der Waals surface area contributed by atoms with Crippen molar-refractivity contribution in [1.29, 1.82) is 0 Å². The first-order chi connectivity index (χ1) is 15.4. The third-order valence-corrected chi connectivity index (χ3v) is 6.23. The number of carboxylic acid groups (broad SMARTS) is 1. The number of halogens is 3. The molecule has 0 radical (unpaired) electrons. The number of aromatic carboxylic acids is 1. The average molecular weight is 461 g/mol. The van der Waals surface area contributed by atoms with Crippen LogP contribution in [0.2, 0.25) is 0 Å². The summed E-state index contributed by atoms with van der Waals surface area (Å²) in [6.45, 7) is 6.21. The maximum atomic E-state index is 12.5. The highest BCUT2D eigenvalue weighted by atomic mass is 19.4. The number of anilines is 2. The second kappa shape index (κ2) is 8.28. The molecular formula is C24H26F3N3O3. The Kier molecular flexibility index (Phi) is 5.76. The van der Waals surface area contributed by atoms with Crippen molar-refractivity contribution in [1.82, 2.24) is 9.55 Å². The lowest BCUT2D eigenvalue weighted by atomic mass is 9.75. The number of carboxylic acids is 1. The molecule has 1 aliphatic rings. The van der Waals surface area contributed by atoms with Crippen molar-refractivity contribution in [2.75, 3.05) is 5.32 Å². The fourth-order valence-electron chi connectivity index (χ4n) is 4.73. The van der Waals surface area contributed by atoms with Gasteiger partial charge in [0, 0.05) is 11.7 Å². The van der Waals surface area contributed by atoms with E-state index in [4.69, 9.17) is 4.98 Å². The topological polar surface area (TPSA) is 76.4 Å². The Bertz CT molecular complexity index is 1180. The van der Waals surface area contributed by atoms with E-state index in [0.29, 0.717) is 22.7 Å². The van der Waals surface area contributed by atoms with Crippen LogP contribution in [-0.4, -0.2) is 27.0 Å². The van der Waals surface area contributed by atoms with Gasteiger partial charge >= 0.3 is 12.3 Å². The maximum Gasteiger partial charge on any atom is 0.573 e. The third-order valence-electron chi connectivity index (χ3n) is 6.23. The Morgan fingerprint density at radius 3 is 2.52 bits per heavy atom. The number of fused-ring (bicyclic) bond motifs is 1. The molecule has 1 saturated carbocycles. The number of ether oxygens (including phenoxy) is 1. The zero-order valence-corrected chi connectivity index (χ0v) is 18.7. The molecule has 4 rings (SSSR count). The molecule has 2 aromatic carbocycles. The number of alkyl halides is 3. The Hall–Kier alpha value is -3.23. The zero-order valence-electron chi connectivity index (χ0n) is 18.7. The minimum absolute atomic E-state index is 0.156. The van der Waals surface area contributed by atoms with Crippen LogP contribution in [0.15, 0.2) is 36.4 Å². The van der Waals surface area contributed by atoms with Crippen LogP contribution in [0.1, 0.15) is 61.5 Å². The molecule has 0 spiro atoms. The molecule has 0 amide bonds. The van der Waals surface area contributed by atoms with Crippen LogP contribution in [-0.2, 0) is 0 Å². The van der Waals surface area contributed by atoms with Crippen LogP contribution in [0.3, 0.4) is 0 Å². The second-order valence-corrected chi connectivity index (χ2v) is 9.33. The number of nitrogens with one attached hydrogen (secondary N) is 1. The monoisotopic (exact) mass is 461 g/mol. The van der Waals surface area contributed by atoms with E-state index in [1.807, 2.05) is 0 Å². The summed E-state index contributed by atoms with van der Waals surface area (Å²) in [4.78, 5) is 16.4. The fourth-order valence-corrected chi connectivity index (χ4v) is 4.73. The summed E-state index contributed by atoms with van der Waals surface area (Å²) < 4.78 is 43.4. The molecule has 1 aliphatic carbocycles. The van der Waals surface area contributed by atoms with Crippen molar-refractivity contribution in [2.24, 2.45) is 5.41 Å². The van der Waals surface area contributed by atoms with Gasteiger partial charge in [0.15, 0.2) is 0 Å². The van der Waals surface area contributed by atoms with Gasteiger partial charge in [-0.1, -0.05) is 20.3 Å². The fraction of sp³-hybridized carbons (Fsp3) is 0.417. The molecule has 176 valence electrons. The lowest BCUT2D eigenvalue weighted by Crippen LogP contribution is -2.25. The van der Waals surface area contributed by atoms with E-state index in [-0.39, 0.29) is 22.8 Å². The first-order valence-electron chi connectivity index (χ1n) is 10.8. The molecule has 1 fully saturated rings. The lowest BCUT2D eigenvalue weighted by Gasteiger charge is -2.36. The van der Waals surface area contributed by atoms with E-state index in [1.54, 1.807) is 19.1 Å². The summed E-state index contributed by atoms with van der Waals surface area (Å²) in [6, 6.07) is 8.99. The molecule has 1 heterocycles. The normalized spacial score (nSPS) is 18.3. The van der Waals surface area contributed by atoms with Gasteiger partial charge in [-0.05, 0) is 73.6 Å². The van der Waals surface area contributed by atoms with Crippen LogP contribution < -0.4 is 10.1 Å². The number of carbonyl (C=O) groups is 1. The van der Waals surface area contributed by atoms with Gasteiger partial charge in [-0.3, -0.25) is 0 Å². The molecule has 0 bridgehead atoms. The summed E-state index contributed by atoms with van der Waals surface area (Å²) in [5.41, 5.74) is 2.90. The van der Waals surface area contributed by atoms with Crippen LogP contribution in [0.5, 0.6) is 5.75 Å². The first-order valence-corrected chi connectivity index (χ1v) is 10.8. The van der Waals surface area contributed by atoms with Crippen molar-refractivity contribution >= 4 is 28.6 Å². The highest BCUT2D eigenvalue weighted by Gasteiger charge is 2.32. The molecular weight excluding hydrogens is 435 g/mol. The summed E-state index contributed by atoms with van der Waals surface area (Å²) in [6.07, 6.45) is -0.669. The van der Waals surface area contributed by atoms with E-state index in [1.165, 1.54) is 24.3 Å².